The van der Waals surface area contributed by atoms with Gasteiger partial charge in [0, 0.05) is 23.0 Å². The van der Waals surface area contributed by atoms with Gasteiger partial charge in [-0.05, 0) is 29.8 Å². The SMILES string of the molecule is COC(=O)[C@@H](Cc1cccc(Cl)c1)NC(=O)c1cccc2cccnc12. The quantitative estimate of drug-likeness (QED) is 0.701. The van der Waals surface area contributed by atoms with E-state index in [1.165, 1.54) is 7.11 Å². The zero-order valence-corrected chi connectivity index (χ0v) is 14.9. The summed E-state index contributed by atoms with van der Waals surface area (Å²) in [5.41, 5.74) is 1.81. The molecule has 0 radical (unpaired) electrons. The molecule has 0 aliphatic rings. The first-order valence-corrected chi connectivity index (χ1v) is 8.43. The summed E-state index contributed by atoms with van der Waals surface area (Å²) in [7, 11) is 1.29. The maximum Gasteiger partial charge on any atom is 0.328 e. The molecule has 0 bridgehead atoms. The molecule has 3 rings (SSSR count). The van der Waals surface area contributed by atoms with Crippen LogP contribution in [0.15, 0.2) is 60.8 Å². The molecule has 1 amide bonds. The molecule has 1 aromatic heterocycles. The molecule has 5 nitrogen and oxygen atoms in total. The van der Waals surface area contributed by atoms with Gasteiger partial charge in [0.05, 0.1) is 18.2 Å². The van der Waals surface area contributed by atoms with Crippen molar-refractivity contribution in [1.82, 2.24) is 10.3 Å². The van der Waals surface area contributed by atoms with Crippen molar-refractivity contribution < 1.29 is 14.3 Å². The van der Waals surface area contributed by atoms with Crippen LogP contribution in [0.5, 0.6) is 0 Å². The Bertz CT molecular complexity index is 953. The van der Waals surface area contributed by atoms with Crippen LogP contribution in [-0.4, -0.2) is 30.0 Å². The van der Waals surface area contributed by atoms with E-state index in [9.17, 15) is 9.59 Å². The van der Waals surface area contributed by atoms with Crippen molar-refractivity contribution in [3.63, 3.8) is 0 Å². The Kier molecular flexibility index (Phi) is 5.49. The molecule has 6 heteroatoms. The maximum atomic E-state index is 12.8. The van der Waals surface area contributed by atoms with E-state index in [1.807, 2.05) is 18.2 Å². The molecule has 1 atom stereocenters. The van der Waals surface area contributed by atoms with Crippen LogP contribution in [-0.2, 0) is 16.0 Å². The lowest BCUT2D eigenvalue weighted by molar-refractivity contribution is -0.142. The second-order valence-corrected chi connectivity index (χ2v) is 6.20. The average molecular weight is 369 g/mol. The number of carbonyl (C=O) groups is 2. The third-order valence-electron chi connectivity index (χ3n) is 4.00. The number of methoxy groups -OCH3 is 1. The molecule has 3 aromatic rings. The summed E-state index contributed by atoms with van der Waals surface area (Å²) in [6.07, 6.45) is 1.90. The molecule has 0 spiro atoms. The summed E-state index contributed by atoms with van der Waals surface area (Å²) in [6, 6.07) is 15.3. The number of benzene rings is 2. The predicted octanol–water partition coefficient (Wildman–Crippen LogP) is 3.40. The summed E-state index contributed by atoms with van der Waals surface area (Å²) >= 11 is 6.00. The van der Waals surface area contributed by atoms with Crippen LogP contribution in [0.1, 0.15) is 15.9 Å². The molecule has 2 aromatic carbocycles. The first kappa shape index (κ1) is 17.9. The number of aromatic nitrogens is 1. The smallest absolute Gasteiger partial charge is 0.328 e. The number of para-hydroxylation sites is 1. The van der Waals surface area contributed by atoms with Gasteiger partial charge in [-0.1, -0.05) is 41.9 Å². The number of halogens is 1. The molecule has 0 aliphatic heterocycles. The van der Waals surface area contributed by atoms with Gasteiger partial charge < -0.3 is 10.1 Å². The van der Waals surface area contributed by atoms with Crippen LogP contribution in [0.25, 0.3) is 10.9 Å². The summed E-state index contributed by atoms with van der Waals surface area (Å²) in [5, 5.41) is 4.16. The largest absolute Gasteiger partial charge is 0.467 e. The van der Waals surface area contributed by atoms with E-state index in [4.69, 9.17) is 16.3 Å². The topological polar surface area (TPSA) is 68.3 Å². The van der Waals surface area contributed by atoms with Gasteiger partial charge in [-0.2, -0.15) is 0 Å². The molecule has 0 saturated heterocycles. The van der Waals surface area contributed by atoms with Crippen LogP contribution in [0.3, 0.4) is 0 Å². The highest BCUT2D eigenvalue weighted by Gasteiger charge is 2.23. The van der Waals surface area contributed by atoms with Gasteiger partial charge in [0.2, 0.25) is 0 Å². The van der Waals surface area contributed by atoms with Crippen molar-refractivity contribution in [2.45, 2.75) is 12.5 Å². The summed E-state index contributed by atoms with van der Waals surface area (Å²) in [4.78, 5) is 29.2. The Morgan fingerprint density at radius 3 is 2.69 bits per heavy atom. The average Bonchev–Trinajstić information content (AvgIpc) is 2.66. The summed E-state index contributed by atoms with van der Waals surface area (Å²) in [6.45, 7) is 0. The number of esters is 1. The molecular weight excluding hydrogens is 352 g/mol. The molecule has 0 saturated carbocycles. The number of hydrogen-bond acceptors (Lipinski definition) is 4. The molecule has 0 fully saturated rings. The Labute approximate surface area is 156 Å². The predicted molar refractivity (Wildman–Crippen MR) is 100 cm³/mol. The van der Waals surface area contributed by atoms with Crippen molar-refractivity contribution in [3.05, 3.63) is 76.9 Å². The van der Waals surface area contributed by atoms with Crippen molar-refractivity contribution in [3.8, 4) is 0 Å². The zero-order chi connectivity index (χ0) is 18.5. The Hall–Kier alpha value is -2.92. The van der Waals surface area contributed by atoms with Gasteiger partial charge in [-0.15, -0.1) is 0 Å². The number of nitrogens with zero attached hydrogens (tertiary/aromatic N) is 1. The van der Waals surface area contributed by atoms with Crippen LogP contribution in [0.2, 0.25) is 5.02 Å². The van der Waals surface area contributed by atoms with Crippen molar-refractivity contribution in [2.75, 3.05) is 7.11 Å². The number of fused-ring (bicyclic) bond motifs is 1. The highest BCUT2D eigenvalue weighted by atomic mass is 35.5. The Morgan fingerprint density at radius 2 is 1.92 bits per heavy atom. The van der Waals surface area contributed by atoms with E-state index in [2.05, 4.69) is 10.3 Å². The molecule has 1 heterocycles. The fraction of sp³-hybridized carbons (Fsp3) is 0.150. The van der Waals surface area contributed by atoms with Crippen LogP contribution in [0.4, 0.5) is 0 Å². The van der Waals surface area contributed by atoms with Crippen molar-refractivity contribution in [2.24, 2.45) is 0 Å². The fourth-order valence-corrected chi connectivity index (χ4v) is 2.97. The maximum absolute atomic E-state index is 12.8. The molecular formula is C20H17ClN2O3. The first-order valence-electron chi connectivity index (χ1n) is 8.05. The van der Waals surface area contributed by atoms with E-state index in [0.29, 0.717) is 16.1 Å². The summed E-state index contributed by atoms with van der Waals surface area (Å²) < 4.78 is 4.84. The molecule has 26 heavy (non-hydrogen) atoms. The number of amides is 1. The van der Waals surface area contributed by atoms with Gasteiger partial charge in [0.25, 0.3) is 5.91 Å². The fourth-order valence-electron chi connectivity index (χ4n) is 2.76. The van der Waals surface area contributed by atoms with Crippen molar-refractivity contribution >= 4 is 34.4 Å². The minimum absolute atomic E-state index is 0.275. The number of ether oxygens (including phenoxy) is 1. The van der Waals surface area contributed by atoms with Gasteiger partial charge in [0.1, 0.15) is 6.04 Å². The van der Waals surface area contributed by atoms with E-state index < -0.39 is 12.0 Å². The highest BCUT2D eigenvalue weighted by Crippen LogP contribution is 2.17. The second-order valence-electron chi connectivity index (χ2n) is 5.76. The van der Waals surface area contributed by atoms with E-state index in [1.54, 1.807) is 42.6 Å². The molecule has 0 aliphatic carbocycles. The lowest BCUT2D eigenvalue weighted by atomic mass is 10.0. The first-order chi connectivity index (χ1) is 12.6. The lowest BCUT2D eigenvalue weighted by Gasteiger charge is -2.17. The second kappa shape index (κ2) is 7.97. The van der Waals surface area contributed by atoms with E-state index >= 15 is 0 Å². The standard InChI is InChI=1S/C20H17ClN2O3/c1-26-20(25)17(12-13-5-2-8-15(21)11-13)23-19(24)16-9-3-6-14-7-4-10-22-18(14)16/h2-11,17H,12H2,1H3,(H,23,24)/t17-/m1/s1. The third-order valence-corrected chi connectivity index (χ3v) is 4.23. The van der Waals surface area contributed by atoms with Gasteiger partial charge in [-0.25, -0.2) is 4.79 Å². The third kappa shape index (κ3) is 4.00. The Morgan fingerprint density at radius 1 is 1.15 bits per heavy atom. The number of rotatable bonds is 5. The number of nitrogens with one attached hydrogen (secondary N) is 1. The van der Waals surface area contributed by atoms with Gasteiger partial charge >= 0.3 is 5.97 Å². The number of pyridine rings is 1. The number of carbonyl (C=O) groups excluding carboxylic acids is 2. The minimum atomic E-state index is -0.829. The number of hydrogen-bond donors (Lipinski definition) is 1. The normalized spacial score (nSPS) is 11.8. The lowest BCUT2D eigenvalue weighted by Crippen LogP contribution is -2.43. The zero-order valence-electron chi connectivity index (χ0n) is 14.1. The molecule has 1 N–H and O–H groups in total. The van der Waals surface area contributed by atoms with Crippen LogP contribution < -0.4 is 5.32 Å². The van der Waals surface area contributed by atoms with Crippen molar-refractivity contribution in [1.29, 1.82) is 0 Å². The highest BCUT2D eigenvalue weighted by molar-refractivity contribution is 6.30. The minimum Gasteiger partial charge on any atom is -0.467 e. The van der Waals surface area contributed by atoms with Crippen LogP contribution >= 0.6 is 11.6 Å². The monoisotopic (exact) mass is 368 g/mol. The summed E-state index contributed by atoms with van der Waals surface area (Å²) in [5.74, 6) is -0.904. The molecule has 132 valence electrons. The van der Waals surface area contributed by atoms with E-state index in [0.717, 1.165) is 10.9 Å². The van der Waals surface area contributed by atoms with Gasteiger partial charge in [0.15, 0.2) is 0 Å². The van der Waals surface area contributed by atoms with E-state index in [-0.39, 0.29) is 12.3 Å². The molecule has 0 unspecified atom stereocenters. The Balaban J connectivity index is 1.86. The van der Waals surface area contributed by atoms with Gasteiger partial charge in [-0.3, -0.25) is 9.78 Å². The van der Waals surface area contributed by atoms with Crippen LogP contribution in [0, 0.1) is 0 Å².